The van der Waals surface area contributed by atoms with Crippen LogP contribution in [0.1, 0.15) is 10.5 Å². The summed E-state index contributed by atoms with van der Waals surface area (Å²) in [6.45, 7) is 3.07. The minimum absolute atomic E-state index is 0.166. The predicted octanol–water partition coefficient (Wildman–Crippen LogP) is 4.87. The van der Waals surface area contributed by atoms with E-state index < -0.39 is 0 Å². The van der Waals surface area contributed by atoms with E-state index in [-0.39, 0.29) is 5.91 Å². The number of H-pyrrole nitrogens is 1. The first kappa shape index (κ1) is 20.4. The number of benzene rings is 3. The van der Waals surface area contributed by atoms with E-state index in [4.69, 9.17) is 9.72 Å². The van der Waals surface area contributed by atoms with Gasteiger partial charge in [-0.05, 0) is 47.5 Å². The Morgan fingerprint density at radius 3 is 2.53 bits per heavy atom. The van der Waals surface area contributed by atoms with E-state index in [0.29, 0.717) is 18.9 Å². The van der Waals surface area contributed by atoms with E-state index in [2.05, 4.69) is 26.3 Å². The Morgan fingerprint density at radius 2 is 1.71 bits per heavy atom. The van der Waals surface area contributed by atoms with Crippen molar-refractivity contribution in [3.05, 3.63) is 84.7 Å². The standard InChI is InChI=1S/C27H23N5O2/c33-27(25-16-20-3-1-2-4-22(20)30-25)29-21-8-5-18(6-9-21)19-7-10-23-24(15-19)31-26(17-28-23)32-11-13-34-14-12-32/h1-10,15-17,30H,11-14H2,(H,29,33). The van der Waals surface area contributed by atoms with Crippen LogP contribution in [-0.2, 0) is 4.74 Å². The molecule has 34 heavy (non-hydrogen) atoms. The number of anilines is 2. The normalized spacial score (nSPS) is 13.9. The number of aromatic nitrogens is 3. The molecule has 168 valence electrons. The second-order valence-corrected chi connectivity index (χ2v) is 8.33. The van der Waals surface area contributed by atoms with Crippen molar-refractivity contribution in [2.75, 3.05) is 36.5 Å². The van der Waals surface area contributed by atoms with Gasteiger partial charge >= 0.3 is 0 Å². The van der Waals surface area contributed by atoms with Crippen LogP contribution in [0.3, 0.4) is 0 Å². The summed E-state index contributed by atoms with van der Waals surface area (Å²) in [5.41, 5.74) is 6.04. The molecule has 0 unspecified atom stereocenters. The van der Waals surface area contributed by atoms with Crippen LogP contribution in [-0.4, -0.2) is 47.2 Å². The summed E-state index contributed by atoms with van der Waals surface area (Å²) in [4.78, 5) is 27.5. The van der Waals surface area contributed by atoms with Crippen molar-refractivity contribution in [1.29, 1.82) is 0 Å². The van der Waals surface area contributed by atoms with Crippen LogP contribution in [0.25, 0.3) is 33.1 Å². The Bertz CT molecular complexity index is 1450. The number of aromatic amines is 1. The molecule has 1 aliphatic rings. The molecule has 2 aromatic heterocycles. The predicted molar refractivity (Wildman–Crippen MR) is 134 cm³/mol. The number of amides is 1. The smallest absolute Gasteiger partial charge is 0.272 e. The average Bonchev–Trinajstić information content (AvgIpc) is 3.34. The highest BCUT2D eigenvalue weighted by Gasteiger charge is 2.14. The first-order valence-electron chi connectivity index (χ1n) is 11.3. The minimum atomic E-state index is -0.166. The molecule has 1 saturated heterocycles. The molecule has 1 amide bonds. The van der Waals surface area contributed by atoms with Gasteiger partial charge in [0.15, 0.2) is 0 Å². The summed E-state index contributed by atoms with van der Waals surface area (Å²) >= 11 is 0. The van der Waals surface area contributed by atoms with Crippen LogP contribution in [0.15, 0.2) is 79.0 Å². The lowest BCUT2D eigenvalue weighted by atomic mass is 10.0. The number of nitrogens with zero attached hydrogens (tertiary/aromatic N) is 3. The first-order valence-corrected chi connectivity index (χ1v) is 11.3. The SMILES string of the molecule is O=C(Nc1ccc(-c2ccc3ncc(N4CCOCC4)nc3c2)cc1)c1cc2ccccc2[nH]1. The topological polar surface area (TPSA) is 83.1 Å². The second kappa shape index (κ2) is 8.61. The molecular formula is C27H23N5O2. The monoisotopic (exact) mass is 449 g/mol. The van der Waals surface area contributed by atoms with Crippen LogP contribution < -0.4 is 10.2 Å². The number of carbonyl (C=O) groups is 1. The van der Waals surface area contributed by atoms with Gasteiger partial charge in [-0.2, -0.15) is 0 Å². The Labute approximate surface area is 196 Å². The molecule has 6 rings (SSSR count). The van der Waals surface area contributed by atoms with Gasteiger partial charge in [0.25, 0.3) is 5.91 Å². The van der Waals surface area contributed by atoms with Gasteiger partial charge in [0.2, 0.25) is 0 Å². The van der Waals surface area contributed by atoms with E-state index in [9.17, 15) is 4.79 Å². The van der Waals surface area contributed by atoms with Crippen molar-refractivity contribution >= 4 is 39.3 Å². The highest BCUT2D eigenvalue weighted by Crippen LogP contribution is 2.26. The summed E-state index contributed by atoms with van der Waals surface area (Å²) in [6, 6.07) is 23.6. The number of morpholine rings is 1. The number of carbonyl (C=O) groups excluding carboxylic acids is 1. The third kappa shape index (κ3) is 3.97. The molecule has 7 nitrogen and oxygen atoms in total. The van der Waals surface area contributed by atoms with Gasteiger partial charge in [-0.15, -0.1) is 0 Å². The molecule has 3 heterocycles. The maximum Gasteiger partial charge on any atom is 0.272 e. The molecule has 0 aliphatic carbocycles. The van der Waals surface area contributed by atoms with Gasteiger partial charge in [-0.25, -0.2) is 4.98 Å². The fourth-order valence-electron chi connectivity index (χ4n) is 4.27. The number of fused-ring (bicyclic) bond motifs is 2. The number of para-hydroxylation sites is 1. The molecular weight excluding hydrogens is 426 g/mol. The van der Waals surface area contributed by atoms with Gasteiger partial charge in [0, 0.05) is 29.7 Å². The van der Waals surface area contributed by atoms with Crippen molar-refractivity contribution in [3.63, 3.8) is 0 Å². The zero-order valence-corrected chi connectivity index (χ0v) is 18.5. The minimum Gasteiger partial charge on any atom is -0.378 e. The van der Waals surface area contributed by atoms with Crippen LogP contribution >= 0.6 is 0 Å². The van der Waals surface area contributed by atoms with Crippen molar-refractivity contribution in [1.82, 2.24) is 15.0 Å². The van der Waals surface area contributed by atoms with Crippen molar-refractivity contribution in [2.24, 2.45) is 0 Å². The van der Waals surface area contributed by atoms with Crippen LogP contribution in [0.4, 0.5) is 11.5 Å². The second-order valence-electron chi connectivity index (χ2n) is 8.33. The van der Waals surface area contributed by atoms with E-state index in [1.807, 2.05) is 72.9 Å². The third-order valence-electron chi connectivity index (χ3n) is 6.12. The molecule has 5 aromatic rings. The maximum absolute atomic E-state index is 12.7. The van der Waals surface area contributed by atoms with Crippen molar-refractivity contribution in [2.45, 2.75) is 0 Å². The number of hydrogen-bond donors (Lipinski definition) is 2. The Kier molecular flexibility index (Phi) is 5.16. The number of nitrogens with one attached hydrogen (secondary N) is 2. The summed E-state index contributed by atoms with van der Waals surface area (Å²) in [7, 11) is 0. The number of hydrogen-bond acceptors (Lipinski definition) is 5. The molecule has 1 aliphatic heterocycles. The molecule has 7 heteroatoms. The van der Waals surface area contributed by atoms with Gasteiger partial charge < -0.3 is 19.9 Å². The quantitative estimate of drug-likeness (QED) is 0.409. The van der Waals surface area contributed by atoms with Gasteiger partial charge in [0.05, 0.1) is 30.4 Å². The van der Waals surface area contributed by atoms with E-state index in [0.717, 1.165) is 57.7 Å². The third-order valence-corrected chi connectivity index (χ3v) is 6.12. The first-order chi connectivity index (χ1) is 16.7. The lowest BCUT2D eigenvalue weighted by molar-refractivity contribution is 0.102. The average molecular weight is 450 g/mol. The summed E-state index contributed by atoms with van der Waals surface area (Å²) in [5.74, 6) is 0.712. The fourth-order valence-corrected chi connectivity index (χ4v) is 4.27. The number of rotatable bonds is 4. The van der Waals surface area contributed by atoms with E-state index in [1.54, 1.807) is 0 Å². The molecule has 1 fully saturated rings. The summed E-state index contributed by atoms with van der Waals surface area (Å²) in [6.07, 6.45) is 1.83. The van der Waals surface area contributed by atoms with Gasteiger partial charge in [-0.1, -0.05) is 36.4 Å². The maximum atomic E-state index is 12.7. The molecule has 0 saturated carbocycles. The molecule has 3 aromatic carbocycles. The van der Waals surface area contributed by atoms with E-state index in [1.165, 1.54) is 0 Å². The van der Waals surface area contributed by atoms with Crippen molar-refractivity contribution < 1.29 is 9.53 Å². The molecule has 0 radical (unpaired) electrons. The lowest BCUT2D eigenvalue weighted by Crippen LogP contribution is -2.36. The molecule has 2 N–H and O–H groups in total. The van der Waals surface area contributed by atoms with Crippen LogP contribution in [0.2, 0.25) is 0 Å². The highest BCUT2D eigenvalue weighted by atomic mass is 16.5. The number of ether oxygens (including phenoxy) is 1. The lowest BCUT2D eigenvalue weighted by Gasteiger charge is -2.27. The Hall–Kier alpha value is -4.23. The van der Waals surface area contributed by atoms with Crippen LogP contribution in [0.5, 0.6) is 0 Å². The zero-order chi connectivity index (χ0) is 22.9. The molecule has 0 atom stereocenters. The largest absolute Gasteiger partial charge is 0.378 e. The Morgan fingerprint density at radius 1 is 0.912 bits per heavy atom. The molecule has 0 spiro atoms. The zero-order valence-electron chi connectivity index (χ0n) is 18.5. The van der Waals surface area contributed by atoms with Crippen molar-refractivity contribution in [3.8, 4) is 11.1 Å². The highest BCUT2D eigenvalue weighted by molar-refractivity contribution is 6.06. The Balaban J connectivity index is 1.21. The van der Waals surface area contributed by atoms with E-state index >= 15 is 0 Å². The van der Waals surface area contributed by atoms with Gasteiger partial charge in [0.1, 0.15) is 11.5 Å². The summed E-state index contributed by atoms with van der Waals surface area (Å²) < 4.78 is 5.44. The fraction of sp³-hybridized carbons (Fsp3) is 0.148. The molecule has 0 bridgehead atoms. The summed E-state index contributed by atoms with van der Waals surface area (Å²) in [5, 5.41) is 3.98. The van der Waals surface area contributed by atoms with Crippen LogP contribution in [0, 0.1) is 0 Å². The van der Waals surface area contributed by atoms with Gasteiger partial charge in [-0.3, -0.25) is 9.78 Å².